The van der Waals surface area contributed by atoms with Crippen molar-refractivity contribution < 1.29 is 41.4 Å². The van der Waals surface area contributed by atoms with Gasteiger partial charge in [0.1, 0.15) is 11.8 Å². The van der Waals surface area contributed by atoms with Crippen molar-refractivity contribution in [3.63, 3.8) is 0 Å². The van der Waals surface area contributed by atoms with Gasteiger partial charge in [-0.05, 0) is 55.4 Å². The van der Waals surface area contributed by atoms with Gasteiger partial charge >= 0.3 is 12.8 Å². The van der Waals surface area contributed by atoms with E-state index >= 15 is 0 Å². The molecular weight excluding hydrogens is 525 g/mol. The van der Waals surface area contributed by atoms with Crippen LogP contribution in [0.15, 0.2) is 36.4 Å². The fourth-order valence-corrected chi connectivity index (χ4v) is 4.82. The number of alkyl halides is 5. The van der Waals surface area contributed by atoms with Crippen molar-refractivity contribution >= 4 is 17.5 Å². The Bertz CT molecular complexity index is 1160. The highest BCUT2D eigenvalue weighted by Gasteiger charge is 2.46. The van der Waals surface area contributed by atoms with Gasteiger partial charge in [-0.15, -0.1) is 0 Å². The fourth-order valence-electron chi connectivity index (χ4n) is 4.82. The van der Waals surface area contributed by atoms with E-state index in [0.717, 1.165) is 5.56 Å². The molecule has 2 N–H and O–H groups in total. The minimum absolute atomic E-state index is 0.0352. The molecule has 1 aliphatic heterocycles. The maximum absolute atomic E-state index is 13.9. The molecule has 2 heterocycles. The maximum Gasteiger partial charge on any atom is 0.414 e. The molecular formula is C27H32F5N3O4. The number of aromatic nitrogens is 1. The summed E-state index contributed by atoms with van der Waals surface area (Å²) in [6, 6.07) is 10.3. The van der Waals surface area contributed by atoms with Gasteiger partial charge < -0.3 is 20.1 Å². The lowest BCUT2D eigenvalue weighted by molar-refractivity contribution is -0.205. The van der Waals surface area contributed by atoms with Crippen molar-refractivity contribution in [2.75, 3.05) is 18.4 Å². The second-order valence-electron chi connectivity index (χ2n) is 9.94. The molecule has 1 fully saturated rings. The zero-order chi connectivity index (χ0) is 29.0. The number of carbonyl (C=O) groups excluding carboxylic acids is 2. The Kier molecular flexibility index (Phi) is 9.52. The first kappa shape index (κ1) is 30.3. The van der Waals surface area contributed by atoms with Crippen molar-refractivity contribution in [1.29, 1.82) is 0 Å². The minimum Gasteiger partial charge on any atom is -0.415 e. The first-order valence-electron chi connectivity index (χ1n) is 12.6. The summed E-state index contributed by atoms with van der Waals surface area (Å²) < 4.78 is 68.5. The van der Waals surface area contributed by atoms with Gasteiger partial charge in [0, 0.05) is 25.2 Å². The smallest absolute Gasteiger partial charge is 0.414 e. The zero-order valence-electron chi connectivity index (χ0n) is 21.9. The minimum atomic E-state index is -4.81. The fraction of sp³-hybridized carbons (Fsp3) is 0.519. The van der Waals surface area contributed by atoms with E-state index < -0.39 is 54.8 Å². The van der Waals surface area contributed by atoms with Gasteiger partial charge in [0.15, 0.2) is 0 Å². The van der Waals surface area contributed by atoms with E-state index in [1.165, 1.54) is 11.0 Å². The van der Waals surface area contributed by atoms with Crippen molar-refractivity contribution in [2.24, 2.45) is 0 Å². The molecule has 0 saturated carbocycles. The number of hydrogen-bond acceptors (Lipinski definition) is 5. The highest BCUT2D eigenvalue weighted by Crippen LogP contribution is 2.41. The Morgan fingerprint density at radius 3 is 2.36 bits per heavy atom. The van der Waals surface area contributed by atoms with E-state index in [1.807, 2.05) is 32.0 Å². The molecule has 3 rings (SSSR count). The number of piperidine rings is 1. The Balaban J connectivity index is 1.89. The summed E-state index contributed by atoms with van der Waals surface area (Å²) in [4.78, 5) is 31.9. The lowest BCUT2D eigenvalue weighted by Crippen LogP contribution is -2.51. The van der Waals surface area contributed by atoms with Crippen LogP contribution in [0, 0.1) is 6.92 Å². The average molecular weight is 558 g/mol. The Morgan fingerprint density at radius 1 is 1.13 bits per heavy atom. The van der Waals surface area contributed by atoms with Crippen LogP contribution >= 0.6 is 0 Å². The molecule has 214 valence electrons. The third-order valence-corrected chi connectivity index (χ3v) is 6.96. The number of carbonyl (C=O) groups is 2. The number of pyridine rings is 1. The van der Waals surface area contributed by atoms with Gasteiger partial charge in [-0.2, -0.15) is 22.0 Å². The van der Waals surface area contributed by atoms with Crippen LogP contribution in [0.3, 0.4) is 0 Å². The molecule has 2 amide bonds. The summed E-state index contributed by atoms with van der Waals surface area (Å²) in [5.41, 5.74) is 0.814. The molecule has 0 radical (unpaired) electrons. The number of aryl methyl sites for hydroxylation is 1. The molecule has 0 aliphatic carbocycles. The first-order chi connectivity index (χ1) is 18.2. The van der Waals surface area contributed by atoms with Crippen LogP contribution in [0.5, 0.6) is 5.88 Å². The molecule has 1 aliphatic rings. The van der Waals surface area contributed by atoms with Crippen molar-refractivity contribution in [3.05, 3.63) is 53.2 Å². The van der Waals surface area contributed by atoms with Crippen molar-refractivity contribution in [2.45, 2.75) is 76.7 Å². The quantitative estimate of drug-likeness (QED) is 0.408. The van der Waals surface area contributed by atoms with Gasteiger partial charge in [-0.1, -0.05) is 38.1 Å². The Labute approximate surface area is 223 Å². The summed E-state index contributed by atoms with van der Waals surface area (Å²) in [5, 5.41) is 11.9. The highest BCUT2D eigenvalue weighted by molar-refractivity contribution is 6.00. The maximum atomic E-state index is 13.9. The van der Waals surface area contributed by atoms with Crippen LogP contribution in [-0.4, -0.2) is 58.8 Å². The van der Waals surface area contributed by atoms with Crippen LogP contribution in [0.25, 0.3) is 0 Å². The number of amides is 2. The average Bonchev–Trinajstić information content (AvgIpc) is 2.87. The van der Waals surface area contributed by atoms with Gasteiger partial charge in [0.2, 0.25) is 17.7 Å². The Morgan fingerprint density at radius 2 is 1.77 bits per heavy atom. The molecule has 2 aromatic rings. The number of benzene rings is 1. The van der Waals surface area contributed by atoms with Gasteiger partial charge in [-0.25, -0.2) is 4.98 Å². The molecule has 1 unspecified atom stereocenters. The zero-order valence-corrected chi connectivity index (χ0v) is 21.9. The number of aliphatic hydroxyl groups excluding tert-OH is 1. The summed E-state index contributed by atoms with van der Waals surface area (Å²) >= 11 is 0. The first-order valence-corrected chi connectivity index (χ1v) is 12.6. The monoisotopic (exact) mass is 557 g/mol. The second-order valence-corrected chi connectivity index (χ2v) is 9.94. The van der Waals surface area contributed by atoms with E-state index in [-0.39, 0.29) is 37.5 Å². The highest BCUT2D eigenvalue weighted by atomic mass is 19.4. The predicted octanol–water partition coefficient (Wildman–Crippen LogP) is 5.32. The molecule has 12 heteroatoms. The molecule has 0 bridgehead atoms. The lowest BCUT2D eigenvalue weighted by atomic mass is 9.69. The van der Waals surface area contributed by atoms with Crippen molar-refractivity contribution in [1.82, 2.24) is 9.88 Å². The number of ether oxygens (including phenoxy) is 1. The third-order valence-electron chi connectivity index (χ3n) is 6.96. The number of nitrogens with zero attached hydrogens (tertiary/aromatic N) is 2. The number of likely N-dealkylation sites (tertiary alicyclic amines) is 1. The number of hydrogen-bond donors (Lipinski definition) is 2. The standard InChI is InChI=1S/C27H32F5N3O4/c1-16(2)18-6-4-5-7-19(18)26(24(38)34-20-9-8-17(3)33-23(20)39-25(28)29)12-14-35(15-13-26)22(37)11-10-21(36)27(30,31)32/h4-9,16,21,25,36H,10-15H2,1-3H3,(H,34,38). The summed E-state index contributed by atoms with van der Waals surface area (Å²) in [7, 11) is 0. The topological polar surface area (TPSA) is 91.8 Å². The van der Waals surface area contributed by atoms with Gasteiger partial charge in [-0.3, -0.25) is 9.59 Å². The molecule has 1 saturated heterocycles. The second kappa shape index (κ2) is 12.3. The lowest BCUT2D eigenvalue weighted by Gasteiger charge is -2.42. The molecule has 1 atom stereocenters. The molecule has 39 heavy (non-hydrogen) atoms. The largest absolute Gasteiger partial charge is 0.415 e. The van der Waals surface area contributed by atoms with E-state index in [2.05, 4.69) is 15.0 Å². The molecule has 0 spiro atoms. The van der Waals surface area contributed by atoms with Crippen LogP contribution in [-0.2, 0) is 15.0 Å². The number of anilines is 1. The van der Waals surface area contributed by atoms with E-state index in [0.29, 0.717) is 11.3 Å². The SMILES string of the molecule is Cc1ccc(NC(=O)C2(c3ccccc3C(C)C)CCN(C(=O)CCC(O)C(F)(F)F)CC2)c(OC(F)F)n1. The van der Waals surface area contributed by atoms with Crippen molar-refractivity contribution in [3.8, 4) is 5.88 Å². The number of halogens is 5. The van der Waals surface area contributed by atoms with E-state index in [4.69, 9.17) is 0 Å². The van der Waals surface area contributed by atoms with Crippen LogP contribution in [0.2, 0.25) is 0 Å². The molecule has 7 nitrogen and oxygen atoms in total. The van der Waals surface area contributed by atoms with E-state index in [9.17, 15) is 36.6 Å². The normalized spacial score (nSPS) is 16.3. The summed E-state index contributed by atoms with van der Waals surface area (Å²) in [6.45, 7) is 2.52. The van der Waals surface area contributed by atoms with Crippen LogP contribution < -0.4 is 10.1 Å². The number of rotatable bonds is 9. The Hall–Kier alpha value is -3.28. The number of aliphatic hydroxyl groups is 1. The molecule has 1 aromatic carbocycles. The predicted molar refractivity (Wildman–Crippen MR) is 134 cm³/mol. The third kappa shape index (κ3) is 7.23. The van der Waals surface area contributed by atoms with Gasteiger partial charge in [0.25, 0.3) is 0 Å². The summed E-state index contributed by atoms with van der Waals surface area (Å²) in [6.07, 6.45) is -8.38. The van der Waals surface area contributed by atoms with E-state index in [1.54, 1.807) is 19.1 Å². The number of nitrogens with one attached hydrogen (secondary N) is 1. The van der Waals surface area contributed by atoms with Gasteiger partial charge in [0.05, 0.1) is 5.41 Å². The summed E-state index contributed by atoms with van der Waals surface area (Å²) in [5.74, 6) is -1.45. The molecule has 1 aromatic heterocycles. The van der Waals surface area contributed by atoms with Crippen LogP contribution in [0.4, 0.5) is 27.6 Å². The van der Waals surface area contributed by atoms with Crippen LogP contribution in [0.1, 0.15) is 62.3 Å².